The molecule has 1 unspecified atom stereocenters. The molecule has 0 aliphatic carbocycles. The van der Waals surface area contributed by atoms with Crippen LogP contribution in [-0.2, 0) is 6.42 Å². The zero-order chi connectivity index (χ0) is 13.0. The Morgan fingerprint density at radius 2 is 2.11 bits per heavy atom. The first-order valence-corrected chi connectivity index (χ1v) is 8.08. The molecule has 0 aromatic carbocycles. The van der Waals surface area contributed by atoms with Gasteiger partial charge in [-0.1, -0.05) is 6.92 Å². The molecule has 1 aromatic rings. The maximum atomic E-state index is 3.70. The van der Waals surface area contributed by atoms with Gasteiger partial charge in [0.25, 0.3) is 0 Å². The lowest BCUT2D eigenvalue weighted by molar-refractivity contribution is 0.107. The third-order valence-corrected chi connectivity index (χ3v) is 4.98. The van der Waals surface area contributed by atoms with E-state index in [1.165, 1.54) is 31.5 Å². The highest BCUT2D eigenvalue weighted by Crippen LogP contribution is 2.26. The average Bonchev–Trinajstić information content (AvgIpc) is 3.01. The molecule has 2 heterocycles. The Labute approximate surface area is 115 Å². The first-order valence-electron chi connectivity index (χ1n) is 7.14. The van der Waals surface area contributed by atoms with E-state index in [2.05, 4.69) is 47.8 Å². The summed E-state index contributed by atoms with van der Waals surface area (Å²) in [7, 11) is 0. The predicted molar refractivity (Wildman–Crippen MR) is 80.4 cm³/mol. The van der Waals surface area contributed by atoms with Crippen LogP contribution in [0.2, 0.25) is 0 Å². The van der Waals surface area contributed by atoms with Crippen molar-refractivity contribution in [3.63, 3.8) is 0 Å². The van der Waals surface area contributed by atoms with Crippen molar-refractivity contribution in [3.8, 4) is 0 Å². The van der Waals surface area contributed by atoms with E-state index >= 15 is 0 Å². The smallest absolute Gasteiger partial charge is 0.0309 e. The van der Waals surface area contributed by atoms with Crippen molar-refractivity contribution in [2.45, 2.75) is 51.6 Å². The summed E-state index contributed by atoms with van der Waals surface area (Å²) in [6, 6.07) is 2.80. The minimum Gasteiger partial charge on any atom is -0.312 e. The molecule has 1 aliphatic heterocycles. The van der Waals surface area contributed by atoms with Crippen molar-refractivity contribution in [1.82, 2.24) is 10.2 Å². The lowest BCUT2D eigenvalue weighted by Crippen LogP contribution is -2.57. The Balaban J connectivity index is 2.07. The Morgan fingerprint density at radius 1 is 1.39 bits per heavy atom. The second-order valence-electron chi connectivity index (χ2n) is 5.79. The molecule has 18 heavy (non-hydrogen) atoms. The third kappa shape index (κ3) is 3.14. The number of likely N-dealkylation sites (tertiary alicyclic amines) is 1. The van der Waals surface area contributed by atoms with E-state index in [0.717, 1.165) is 13.0 Å². The van der Waals surface area contributed by atoms with Gasteiger partial charge >= 0.3 is 0 Å². The van der Waals surface area contributed by atoms with Crippen LogP contribution >= 0.6 is 11.3 Å². The standard InChI is InChI=1S/C15H26N2S/c1-4-16-14(11-13-7-10-18-12-13)15(2,3)17-8-5-6-9-17/h7,10,12,14,16H,4-6,8-9,11H2,1-3H3. The fraction of sp³-hybridized carbons (Fsp3) is 0.733. The molecule has 2 rings (SSSR count). The first-order chi connectivity index (χ1) is 8.64. The summed E-state index contributed by atoms with van der Waals surface area (Å²) in [6.07, 6.45) is 3.86. The first kappa shape index (κ1) is 14.0. The molecule has 2 nitrogen and oxygen atoms in total. The minimum atomic E-state index is 0.244. The summed E-state index contributed by atoms with van der Waals surface area (Å²) in [4.78, 5) is 2.66. The van der Waals surface area contributed by atoms with E-state index < -0.39 is 0 Å². The Morgan fingerprint density at radius 3 is 2.67 bits per heavy atom. The van der Waals surface area contributed by atoms with Crippen LogP contribution in [0, 0.1) is 0 Å². The number of nitrogens with one attached hydrogen (secondary N) is 1. The van der Waals surface area contributed by atoms with Gasteiger partial charge < -0.3 is 5.32 Å². The van der Waals surface area contributed by atoms with Gasteiger partial charge in [0.15, 0.2) is 0 Å². The summed E-state index contributed by atoms with van der Waals surface area (Å²) >= 11 is 1.80. The molecule has 1 saturated heterocycles. The third-order valence-electron chi connectivity index (χ3n) is 4.24. The van der Waals surface area contributed by atoms with Gasteiger partial charge in [-0.25, -0.2) is 0 Å². The maximum Gasteiger partial charge on any atom is 0.0309 e. The van der Waals surface area contributed by atoms with Crippen LogP contribution < -0.4 is 5.32 Å². The summed E-state index contributed by atoms with van der Waals surface area (Å²) in [5.41, 5.74) is 1.72. The zero-order valence-electron chi connectivity index (χ0n) is 11.9. The molecule has 0 spiro atoms. The summed E-state index contributed by atoms with van der Waals surface area (Å²) < 4.78 is 0. The highest BCUT2D eigenvalue weighted by atomic mass is 32.1. The lowest BCUT2D eigenvalue weighted by Gasteiger charge is -2.42. The Bertz CT molecular complexity index is 339. The fourth-order valence-electron chi connectivity index (χ4n) is 2.98. The van der Waals surface area contributed by atoms with Gasteiger partial charge in [0.05, 0.1) is 0 Å². The molecule has 1 atom stereocenters. The monoisotopic (exact) mass is 266 g/mol. The van der Waals surface area contributed by atoms with E-state index in [-0.39, 0.29) is 5.54 Å². The van der Waals surface area contributed by atoms with Crippen LogP contribution in [0.25, 0.3) is 0 Å². The van der Waals surface area contributed by atoms with Gasteiger partial charge in [0.2, 0.25) is 0 Å². The predicted octanol–water partition coefficient (Wildman–Crippen LogP) is 3.14. The molecule has 102 valence electrons. The van der Waals surface area contributed by atoms with Crippen LogP contribution in [0.1, 0.15) is 39.2 Å². The molecule has 0 bridgehead atoms. The largest absolute Gasteiger partial charge is 0.312 e. The molecule has 0 amide bonds. The Hall–Kier alpha value is -0.380. The normalized spacial score (nSPS) is 19.3. The SMILES string of the molecule is CCNC(Cc1ccsc1)C(C)(C)N1CCCC1. The number of thiophene rings is 1. The molecule has 1 fully saturated rings. The second-order valence-corrected chi connectivity index (χ2v) is 6.57. The molecule has 0 saturated carbocycles. The second kappa shape index (κ2) is 6.18. The highest BCUT2D eigenvalue weighted by Gasteiger charge is 2.36. The van der Waals surface area contributed by atoms with Crippen LogP contribution in [0.4, 0.5) is 0 Å². The quantitative estimate of drug-likeness (QED) is 0.851. The van der Waals surface area contributed by atoms with E-state index in [9.17, 15) is 0 Å². The summed E-state index contributed by atoms with van der Waals surface area (Å²) in [5.74, 6) is 0. The molecule has 1 aromatic heterocycles. The van der Waals surface area contributed by atoms with Crippen molar-refractivity contribution in [1.29, 1.82) is 0 Å². The summed E-state index contributed by atoms with van der Waals surface area (Å²) in [6.45, 7) is 10.6. The molecule has 0 radical (unpaired) electrons. The van der Waals surface area contributed by atoms with Gasteiger partial charge in [-0.15, -0.1) is 0 Å². The van der Waals surface area contributed by atoms with Gasteiger partial charge in [-0.3, -0.25) is 4.90 Å². The number of hydrogen-bond acceptors (Lipinski definition) is 3. The van der Waals surface area contributed by atoms with Crippen molar-refractivity contribution >= 4 is 11.3 Å². The van der Waals surface area contributed by atoms with E-state index in [1.807, 2.05) is 0 Å². The maximum absolute atomic E-state index is 3.70. The molecule has 3 heteroatoms. The van der Waals surface area contributed by atoms with Crippen LogP contribution in [0.5, 0.6) is 0 Å². The lowest BCUT2D eigenvalue weighted by atomic mass is 9.88. The van der Waals surface area contributed by atoms with Gasteiger partial charge in [-0.2, -0.15) is 11.3 Å². The van der Waals surface area contributed by atoms with E-state index in [4.69, 9.17) is 0 Å². The van der Waals surface area contributed by atoms with Crippen molar-refractivity contribution < 1.29 is 0 Å². The van der Waals surface area contributed by atoms with Crippen LogP contribution in [0.15, 0.2) is 16.8 Å². The van der Waals surface area contributed by atoms with E-state index in [0.29, 0.717) is 6.04 Å². The molecule has 1 N–H and O–H groups in total. The van der Waals surface area contributed by atoms with Gasteiger partial charge in [0, 0.05) is 11.6 Å². The highest BCUT2D eigenvalue weighted by molar-refractivity contribution is 7.07. The van der Waals surface area contributed by atoms with Crippen LogP contribution in [0.3, 0.4) is 0 Å². The van der Waals surface area contributed by atoms with Crippen molar-refractivity contribution in [2.24, 2.45) is 0 Å². The number of likely N-dealkylation sites (N-methyl/N-ethyl adjacent to an activating group) is 1. The number of rotatable bonds is 6. The van der Waals surface area contributed by atoms with Crippen molar-refractivity contribution in [2.75, 3.05) is 19.6 Å². The van der Waals surface area contributed by atoms with Gasteiger partial charge in [-0.05, 0) is 75.1 Å². The van der Waals surface area contributed by atoms with Crippen molar-refractivity contribution in [3.05, 3.63) is 22.4 Å². The topological polar surface area (TPSA) is 15.3 Å². The Kier molecular flexibility index (Phi) is 4.82. The van der Waals surface area contributed by atoms with E-state index in [1.54, 1.807) is 11.3 Å². The molecular formula is C15H26N2S. The zero-order valence-corrected chi connectivity index (χ0v) is 12.7. The fourth-order valence-corrected chi connectivity index (χ4v) is 3.66. The number of nitrogens with zero attached hydrogens (tertiary/aromatic N) is 1. The number of hydrogen-bond donors (Lipinski definition) is 1. The summed E-state index contributed by atoms with van der Waals surface area (Å²) in [5, 5.41) is 8.16. The van der Waals surface area contributed by atoms with Gasteiger partial charge in [0.1, 0.15) is 0 Å². The molecular weight excluding hydrogens is 240 g/mol. The van der Waals surface area contributed by atoms with Crippen LogP contribution in [-0.4, -0.2) is 36.1 Å². The molecule has 1 aliphatic rings. The minimum absolute atomic E-state index is 0.244. The average molecular weight is 266 g/mol.